The number of Topliss-reactive ketones (excluding diaryl/α,β-unsaturated/α-hetero) is 1. The molecule has 0 radical (unpaired) electrons. The van der Waals surface area contributed by atoms with Crippen LogP contribution in [0.2, 0.25) is 0 Å². The first-order valence-electron chi connectivity index (χ1n) is 11.2. The van der Waals surface area contributed by atoms with Gasteiger partial charge in [0.15, 0.2) is 17.4 Å². The molecule has 200 valence electrons. The number of aromatic nitrogens is 4. The van der Waals surface area contributed by atoms with Crippen LogP contribution in [0.1, 0.15) is 20.1 Å². The fourth-order valence-corrected chi connectivity index (χ4v) is 6.01. The lowest BCUT2D eigenvalue weighted by molar-refractivity contribution is -0.119. The highest BCUT2D eigenvalue weighted by Gasteiger charge is 2.58. The number of imidazole rings is 1. The Bertz CT molecular complexity index is 1330. The van der Waals surface area contributed by atoms with Gasteiger partial charge in [-0.15, -0.1) is 0 Å². The molecule has 0 amide bonds. The summed E-state index contributed by atoms with van der Waals surface area (Å²) < 4.78 is 52.4. The second kappa shape index (κ2) is 10.5. The normalized spacial score (nSPS) is 26.1. The molecule has 0 saturated carbocycles. The van der Waals surface area contributed by atoms with Crippen LogP contribution < -0.4 is 15.0 Å². The molecule has 12 nitrogen and oxygen atoms in total. The summed E-state index contributed by atoms with van der Waals surface area (Å²) in [5, 5.41) is 7.80. The number of nitrogens with two attached hydrogens (primary N) is 1. The molecule has 6 atom stereocenters. The summed E-state index contributed by atoms with van der Waals surface area (Å²) in [6, 6.07) is 8.24. The van der Waals surface area contributed by atoms with Gasteiger partial charge in [0.2, 0.25) is 11.8 Å². The maximum atomic E-state index is 15.6. The number of aliphatic hydroxyl groups is 1. The Morgan fingerprint density at radius 1 is 1.38 bits per heavy atom. The molecular weight excluding hydrogens is 532 g/mol. The number of alkyl halides is 2. The average molecular weight is 558 g/mol. The van der Waals surface area contributed by atoms with E-state index in [0.29, 0.717) is 0 Å². The van der Waals surface area contributed by atoms with Gasteiger partial charge in [-0.1, -0.05) is 36.7 Å². The number of benzene rings is 1. The lowest BCUT2D eigenvalue weighted by Crippen LogP contribution is -2.38. The molecular formula is C22H26ClFN5O7P. The van der Waals surface area contributed by atoms with Crippen LogP contribution in [0.3, 0.4) is 0 Å². The van der Waals surface area contributed by atoms with Crippen LogP contribution in [0.25, 0.3) is 11.2 Å². The number of nitrogens with zero attached hydrogens (tertiary/aromatic N) is 4. The van der Waals surface area contributed by atoms with Gasteiger partial charge in [-0.25, -0.2) is 13.9 Å². The Morgan fingerprint density at radius 3 is 2.73 bits per heavy atom. The maximum absolute atomic E-state index is 15.6. The molecule has 0 spiro atoms. The molecule has 4 rings (SSSR count). The second-order valence-corrected chi connectivity index (χ2v) is 11.2. The molecule has 37 heavy (non-hydrogen) atoms. The Labute approximate surface area is 216 Å². The van der Waals surface area contributed by atoms with Crippen molar-refractivity contribution in [1.29, 1.82) is 0 Å². The van der Waals surface area contributed by atoms with Gasteiger partial charge in [-0.2, -0.15) is 9.97 Å². The van der Waals surface area contributed by atoms with Crippen molar-refractivity contribution in [2.45, 2.75) is 37.4 Å². The summed E-state index contributed by atoms with van der Waals surface area (Å²) in [6.07, 6.45) is -3.95. The van der Waals surface area contributed by atoms with E-state index in [2.05, 4.69) is 15.0 Å². The van der Waals surface area contributed by atoms with Gasteiger partial charge in [0, 0.05) is 5.92 Å². The summed E-state index contributed by atoms with van der Waals surface area (Å²) in [7, 11) is -2.60. The van der Waals surface area contributed by atoms with Gasteiger partial charge in [0.05, 0.1) is 26.2 Å². The minimum Gasteiger partial charge on any atom is -0.479 e. The lowest BCUT2D eigenvalue weighted by Gasteiger charge is -2.24. The maximum Gasteiger partial charge on any atom is 0.379 e. The van der Waals surface area contributed by atoms with Crippen LogP contribution in [0.15, 0.2) is 36.7 Å². The van der Waals surface area contributed by atoms with Crippen LogP contribution >= 0.6 is 19.2 Å². The number of hydrogen-bond acceptors (Lipinski definition) is 11. The number of aliphatic hydroxyl groups excluding tert-OH is 1. The minimum absolute atomic E-state index is 0.0531. The number of anilines is 1. The molecule has 3 aromatic rings. The standard InChI is InChI=1S/C22H26ClFN5O7P/c1-12(13(2)30)10-37(32,36-14-7-5-4-6-8-14)34-9-15-17(31)22(23,24)20(35-15)29-11-26-16-18(29)27-21(25)28-19(16)33-3/h4-8,11-12,15,17,20,31H,9-10H2,1-3H3,(H2,25,27,28)/t12-,15-,17?,20-,22-,37?/m1/s1. The molecule has 1 fully saturated rings. The number of carbonyl (C=O) groups excluding carboxylic acids is 1. The van der Waals surface area contributed by atoms with Crippen LogP contribution in [-0.2, 0) is 18.6 Å². The molecule has 1 aliphatic heterocycles. The van der Waals surface area contributed by atoms with E-state index in [0.717, 1.165) is 4.57 Å². The third-order valence-corrected chi connectivity index (χ3v) is 8.28. The van der Waals surface area contributed by atoms with Crippen LogP contribution in [0.5, 0.6) is 11.6 Å². The molecule has 3 heterocycles. The largest absolute Gasteiger partial charge is 0.479 e. The summed E-state index contributed by atoms with van der Waals surface area (Å²) in [6.45, 7) is 2.39. The molecule has 2 aromatic heterocycles. The molecule has 15 heteroatoms. The molecule has 1 aromatic carbocycles. The first-order chi connectivity index (χ1) is 17.4. The molecule has 1 aliphatic rings. The van der Waals surface area contributed by atoms with Gasteiger partial charge in [0.1, 0.15) is 23.7 Å². The highest BCUT2D eigenvalue weighted by atomic mass is 35.5. The number of ether oxygens (including phenoxy) is 2. The van der Waals surface area contributed by atoms with Gasteiger partial charge in [-0.3, -0.25) is 13.9 Å². The number of methoxy groups -OCH3 is 1. The van der Waals surface area contributed by atoms with Gasteiger partial charge in [0.25, 0.3) is 5.13 Å². The van der Waals surface area contributed by atoms with Gasteiger partial charge >= 0.3 is 7.60 Å². The zero-order valence-electron chi connectivity index (χ0n) is 20.2. The SMILES string of the molecule is COc1nc(N)nc2c1ncn2[C@@H]1O[C@H](COP(=O)(C[C@@H](C)C(C)=O)Oc2ccccc2)C(O)[C@]1(F)Cl. The molecule has 3 N–H and O–H groups in total. The summed E-state index contributed by atoms with van der Waals surface area (Å²) in [5.74, 6) is -0.729. The van der Waals surface area contributed by atoms with Crippen molar-refractivity contribution in [3.05, 3.63) is 36.7 Å². The summed E-state index contributed by atoms with van der Waals surface area (Å²) >= 11 is 6.09. The fourth-order valence-electron chi connectivity index (χ4n) is 3.74. The molecule has 0 bridgehead atoms. The highest BCUT2D eigenvalue weighted by Crippen LogP contribution is 2.52. The van der Waals surface area contributed by atoms with Crippen molar-refractivity contribution >= 4 is 42.1 Å². The lowest BCUT2D eigenvalue weighted by atomic mass is 10.1. The van der Waals surface area contributed by atoms with E-state index in [1.165, 1.54) is 20.4 Å². The Morgan fingerprint density at radius 2 is 2.08 bits per heavy atom. The predicted octanol–water partition coefficient (Wildman–Crippen LogP) is 3.09. The topological polar surface area (TPSA) is 161 Å². The first-order valence-corrected chi connectivity index (χ1v) is 13.3. The van der Waals surface area contributed by atoms with Crippen molar-refractivity contribution in [2.75, 3.05) is 25.6 Å². The number of carbonyl (C=O) groups is 1. The Balaban J connectivity index is 1.58. The molecule has 1 saturated heterocycles. The quantitative estimate of drug-likeness (QED) is 0.278. The van der Waals surface area contributed by atoms with Crippen LogP contribution in [-0.4, -0.2) is 67.6 Å². The highest BCUT2D eigenvalue weighted by molar-refractivity contribution is 7.54. The number of rotatable bonds is 10. The smallest absolute Gasteiger partial charge is 0.379 e. The van der Waals surface area contributed by atoms with Crippen molar-refractivity contribution in [1.82, 2.24) is 19.5 Å². The number of hydrogen-bond donors (Lipinski definition) is 2. The van der Waals surface area contributed by atoms with E-state index >= 15 is 4.39 Å². The van der Waals surface area contributed by atoms with Crippen molar-refractivity contribution in [3.8, 4) is 11.6 Å². The summed E-state index contributed by atoms with van der Waals surface area (Å²) in [5.41, 5.74) is 5.94. The third kappa shape index (κ3) is 5.55. The Kier molecular flexibility index (Phi) is 7.72. The zero-order chi connectivity index (χ0) is 27.0. The predicted molar refractivity (Wildman–Crippen MR) is 131 cm³/mol. The van der Waals surface area contributed by atoms with Crippen molar-refractivity contribution in [3.63, 3.8) is 0 Å². The van der Waals surface area contributed by atoms with Crippen molar-refractivity contribution in [2.24, 2.45) is 5.92 Å². The van der Waals surface area contributed by atoms with E-state index in [-0.39, 0.29) is 40.7 Å². The minimum atomic E-state index is -3.96. The molecule has 0 aliphatic carbocycles. The number of fused-ring (bicyclic) bond motifs is 1. The van der Waals surface area contributed by atoms with Gasteiger partial charge < -0.3 is 24.8 Å². The number of halogens is 2. The molecule has 2 unspecified atom stereocenters. The number of ketones is 1. The van der Waals surface area contributed by atoms with Crippen molar-refractivity contribution < 1.29 is 37.4 Å². The number of nitrogen functional groups attached to an aromatic ring is 1. The average Bonchev–Trinajstić information content (AvgIpc) is 3.35. The Hall–Kier alpha value is -2.83. The monoisotopic (exact) mass is 557 g/mol. The van der Waals surface area contributed by atoms with E-state index in [4.69, 9.17) is 35.9 Å². The summed E-state index contributed by atoms with van der Waals surface area (Å²) in [4.78, 5) is 23.9. The van der Waals surface area contributed by atoms with E-state index in [1.807, 2.05) is 0 Å². The van der Waals surface area contributed by atoms with Gasteiger partial charge in [-0.05, 0) is 19.1 Å². The van der Waals surface area contributed by atoms with Crippen LogP contribution in [0, 0.1) is 5.92 Å². The van der Waals surface area contributed by atoms with Crippen LogP contribution in [0.4, 0.5) is 10.3 Å². The number of para-hydroxylation sites is 1. The first kappa shape index (κ1) is 27.2. The fraction of sp³-hybridized carbons (Fsp3) is 0.455. The second-order valence-electron chi connectivity index (χ2n) is 8.57. The third-order valence-electron chi connectivity index (χ3n) is 5.85. The van der Waals surface area contributed by atoms with E-state index < -0.39 is 43.7 Å². The zero-order valence-corrected chi connectivity index (χ0v) is 21.8. The van der Waals surface area contributed by atoms with E-state index in [1.54, 1.807) is 37.3 Å². The van der Waals surface area contributed by atoms with E-state index in [9.17, 15) is 14.5 Å².